The zero-order chi connectivity index (χ0) is 43.3. The van der Waals surface area contributed by atoms with E-state index < -0.39 is 35.4 Å². The second kappa shape index (κ2) is 16.7. The maximum absolute atomic E-state index is 13.5. The largest absolute Gasteiger partial charge is 0.489 e. The van der Waals surface area contributed by atoms with Crippen molar-refractivity contribution >= 4 is 51.3 Å². The average molecular weight is 856 g/mol. The van der Waals surface area contributed by atoms with Gasteiger partial charge < -0.3 is 20.3 Å². The normalized spacial score (nSPS) is 22.9. The van der Waals surface area contributed by atoms with E-state index in [2.05, 4.69) is 31.9 Å². The number of ether oxygens (including phenoxy) is 1. The van der Waals surface area contributed by atoms with Gasteiger partial charge in [0.15, 0.2) is 0 Å². The summed E-state index contributed by atoms with van der Waals surface area (Å²) in [4.78, 5) is 69.1. The number of carbonyl (C=O) groups is 4. The summed E-state index contributed by atoms with van der Waals surface area (Å²) in [5.41, 5.74) is 1.75. The van der Waals surface area contributed by atoms with E-state index in [-0.39, 0.29) is 60.0 Å². The summed E-state index contributed by atoms with van der Waals surface area (Å²) in [7, 11) is 1.75. The average Bonchev–Trinajstić information content (AvgIpc) is 3.95. The van der Waals surface area contributed by atoms with Gasteiger partial charge in [0.25, 0.3) is 5.91 Å². The van der Waals surface area contributed by atoms with Crippen molar-refractivity contribution in [1.82, 2.24) is 39.4 Å². The Kier molecular flexibility index (Phi) is 11.1. The van der Waals surface area contributed by atoms with Gasteiger partial charge in [0.05, 0.1) is 34.3 Å². The van der Waals surface area contributed by atoms with Crippen LogP contribution >= 0.6 is 0 Å². The van der Waals surface area contributed by atoms with Gasteiger partial charge in [0.2, 0.25) is 17.7 Å². The lowest BCUT2D eigenvalue weighted by Crippen LogP contribution is -2.44. The molecule has 9 rings (SSSR count). The third kappa shape index (κ3) is 8.31. The highest BCUT2D eigenvalue weighted by Gasteiger charge is 2.35. The lowest BCUT2D eigenvalue weighted by molar-refractivity contribution is -0.141. The summed E-state index contributed by atoms with van der Waals surface area (Å²) in [6, 6.07) is 11.7. The number of benzene rings is 2. The predicted octanol–water partition coefficient (Wildman–Crippen LogP) is 5.60. The standard InChI is InChI=1S/C44H48F3N9O6/c1-53-40-30(4-2-6-34(40)56(43(53)61)35-13-15-39(58)51-42(35)60)26-16-18-54(19-17-26)22-25-8-11-29(12-9-25)55-23-27-20-33(50-41(59)31-5-3-7-37(49-31)44(45,46)47)36(21-32(27)52-55)62-24-28-10-14-38(57)48-28/h2-7,20-21,23,25-26,28-29,35H,8-19,22,24H2,1H3,(H,48,57)(H,50,59)(H,51,58,60)/t25?,28-,29?,35?/m0/s1. The second-order valence-corrected chi connectivity index (χ2v) is 17.1. The number of imide groups is 1. The molecule has 62 heavy (non-hydrogen) atoms. The minimum atomic E-state index is -4.71. The van der Waals surface area contributed by atoms with E-state index in [9.17, 15) is 37.1 Å². The number of carbonyl (C=O) groups excluding carboxylic acids is 4. The molecule has 3 aliphatic heterocycles. The Labute approximate surface area is 354 Å². The number of alkyl halides is 3. The number of imidazole rings is 1. The van der Waals surface area contributed by atoms with Crippen LogP contribution in [0, 0.1) is 5.92 Å². The summed E-state index contributed by atoms with van der Waals surface area (Å²) < 4.78 is 51.3. The van der Waals surface area contributed by atoms with Crippen LogP contribution < -0.4 is 26.4 Å². The molecule has 3 aromatic heterocycles. The molecule has 3 saturated heterocycles. The first kappa shape index (κ1) is 41.3. The number of nitrogens with zero attached hydrogens (tertiary/aromatic N) is 6. The van der Waals surface area contributed by atoms with Crippen LogP contribution in [0.1, 0.15) is 104 Å². The van der Waals surface area contributed by atoms with Crippen LogP contribution in [0.3, 0.4) is 0 Å². The SMILES string of the molecule is Cn1c(=O)n(C2CCC(=O)NC2=O)c2cccc(C3CCN(CC4CCC(n5cc6cc(NC(=O)c7cccc(C(F)(F)F)n7)c(OC[C@@H]7CCC(=O)N7)cc6n5)CC4)CC3)c21. The summed E-state index contributed by atoms with van der Waals surface area (Å²) in [6.45, 7) is 3.02. The number of para-hydroxylation sites is 1. The highest BCUT2D eigenvalue weighted by molar-refractivity contribution is 6.05. The van der Waals surface area contributed by atoms with E-state index in [4.69, 9.17) is 9.84 Å². The van der Waals surface area contributed by atoms with Crippen LogP contribution in [-0.2, 0) is 27.6 Å². The molecule has 15 nitrogen and oxygen atoms in total. The first-order valence-electron chi connectivity index (χ1n) is 21.4. The molecule has 0 spiro atoms. The number of hydrogen-bond donors (Lipinski definition) is 3. The van der Waals surface area contributed by atoms with E-state index in [0.29, 0.717) is 30.7 Å². The summed E-state index contributed by atoms with van der Waals surface area (Å²) in [6.07, 6.45) is 4.53. The van der Waals surface area contributed by atoms with Crippen LogP contribution in [0.5, 0.6) is 5.75 Å². The van der Waals surface area contributed by atoms with Gasteiger partial charge in [-0.25, -0.2) is 9.78 Å². The number of amides is 4. The number of anilines is 1. The molecule has 1 unspecified atom stereocenters. The van der Waals surface area contributed by atoms with E-state index in [1.165, 1.54) is 6.07 Å². The molecule has 0 radical (unpaired) electrons. The summed E-state index contributed by atoms with van der Waals surface area (Å²) in [5, 5.41) is 13.6. The third-order valence-corrected chi connectivity index (χ3v) is 13.1. The van der Waals surface area contributed by atoms with Crippen molar-refractivity contribution in [2.45, 2.75) is 94.4 Å². The van der Waals surface area contributed by atoms with Gasteiger partial charge >= 0.3 is 11.9 Å². The molecule has 1 aliphatic carbocycles. The molecular weight excluding hydrogens is 808 g/mol. The van der Waals surface area contributed by atoms with Gasteiger partial charge in [-0.1, -0.05) is 18.2 Å². The number of rotatable bonds is 10. The number of aromatic nitrogens is 5. The second-order valence-electron chi connectivity index (χ2n) is 17.1. The Hall–Kier alpha value is -6.04. The topological polar surface area (TPSA) is 174 Å². The van der Waals surface area contributed by atoms with Crippen LogP contribution in [0.2, 0.25) is 0 Å². The summed E-state index contributed by atoms with van der Waals surface area (Å²) in [5.74, 6) is -0.573. The van der Waals surface area contributed by atoms with Gasteiger partial charge in [0, 0.05) is 44.1 Å². The zero-order valence-electron chi connectivity index (χ0n) is 34.2. The van der Waals surface area contributed by atoms with E-state index in [1.807, 2.05) is 23.0 Å². The smallest absolute Gasteiger partial charge is 0.433 e. The van der Waals surface area contributed by atoms with Crippen molar-refractivity contribution in [2.24, 2.45) is 13.0 Å². The molecule has 326 valence electrons. The van der Waals surface area contributed by atoms with E-state index in [0.717, 1.165) is 92.3 Å². The number of hydrogen-bond acceptors (Lipinski definition) is 9. The monoisotopic (exact) mass is 855 g/mol. The Morgan fingerprint density at radius 1 is 0.919 bits per heavy atom. The number of likely N-dealkylation sites (tertiary alicyclic amines) is 1. The van der Waals surface area contributed by atoms with Crippen molar-refractivity contribution in [3.8, 4) is 5.75 Å². The predicted molar refractivity (Wildman–Crippen MR) is 222 cm³/mol. The van der Waals surface area contributed by atoms with Gasteiger partial charge in [-0.2, -0.15) is 18.3 Å². The Morgan fingerprint density at radius 3 is 2.40 bits per heavy atom. The molecule has 2 aromatic carbocycles. The molecule has 3 N–H and O–H groups in total. The summed E-state index contributed by atoms with van der Waals surface area (Å²) >= 11 is 0. The number of halogens is 3. The maximum atomic E-state index is 13.5. The van der Waals surface area contributed by atoms with Gasteiger partial charge in [-0.15, -0.1) is 0 Å². The minimum absolute atomic E-state index is 0.0716. The first-order valence-corrected chi connectivity index (χ1v) is 21.4. The van der Waals surface area contributed by atoms with Crippen molar-refractivity contribution in [1.29, 1.82) is 0 Å². The molecule has 2 atom stereocenters. The van der Waals surface area contributed by atoms with Gasteiger partial charge in [0.1, 0.15) is 29.8 Å². The first-order chi connectivity index (χ1) is 29.8. The fourth-order valence-electron chi connectivity index (χ4n) is 9.79. The lowest BCUT2D eigenvalue weighted by Gasteiger charge is -2.37. The number of fused-ring (bicyclic) bond motifs is 2. The van der Waals surface area contributed by atoms with Gasteiger partial charge in [-0.3, -0.25) is 38.3 Å². The molecular formula is C44H48F3N9O6. The quantitative estimate of drug-likeness (QED) is 0.151. The van der Waals surface area contributed by atoms with Crippen molar-refractivity contribution < 1.29 is 37.1 Å². The fraction of sp³-hybridized carbons (Fsp3) is 0.477. The molecule has 0 bridgehead atoms. The lowest BCUT2D eigenvalue weighted by atomic mass is 9.84. The Balaban J connectivity index is 0.837. The molecule has 4 fully saturated rings. The van der Waals surface area contributed by atoms with Crippen molar-refractivity contribution in [2.75, 3.05) is 31.6 Å². The van der Waals surface area contributed by atoms with Crippen molar-refractivity contribution in [3.63, 3.8) is 0 Å². The third-order valence-electron chi connectivity index (χ3n) is 13.1. The molecule has 4 amide bonds. The van der Waals surface area contributed by atoms with Crippen molar-refractivity contribution in [3.05, 3.63) is 82.2 Å². The molecule has 4 aliphatic rings. The highest BCUT2D eigenvalue weighted by Crippen LogP contribution is 2.38. The van der Waals surface area contributed by atoms with E-state index in [1.54, 1.807) is 28.3 Å². The van der Waals surface area contributed by atoms with Crippen LogP contribution in [-0.4, -0.2) is 84.7 Å². The maximum Gasteiger partial charge on any atom is 0.433 e. The molecule has 5 aromatic rings. The zero-order valence-corrected chi connectivity index (χ0v) is 34.2. The van der Waals surface area contributed by atoms with Crippen LogP contribution in [0.25, 0.3) is 21.9 Å². The van der Waals surface area contributed by atoms with Crippen LogP contribution in [0.15, 0.2) is 59.5 Å². The molecule has 18 heteroatoms. The molecule has 1 saturated carbocycles. The Morgan fingerprint density at radius 2 is 1.68 bits per heavy atom. The van der Waals surface area contributed by atoms with Gasteiger partial charge in [-0.05, 0) is 106 Å². The number of nitrogens with one attached hydrogen (secondary N) is 3. The number of aryl methyl sites for hydroxylation is 1. The fourth-order valence-corrected chi connectivity index (χ4v) is 9.79. The number of pyridine rings is 1. The van der Waals surface area contributed by atoms with E-state index >= 15 is 0 Å². The molecule has 6 heterocycles. The Bertz CT molecular complexity index is 2620. The highest BCUT2D eigenvalue weighted by atomic mass is 19.4. The minimum Gasteiger partial charge on any atom is -0.489 e. The van der Waals surface area contributed by atoms with Crippen LogP contribution in [0.4, 0.5) is 18.9 Å². The number of piperidine rings is 2.